The molecule has 0 aromatic rings. The van der Waals surface area contributed by atoms with Gasteiger partial charge in [0, 0.05) is 19.3 Å². The van der Waals surface area contributed by atoms with Gasteiger partial charge in [0.25, 0.3) is 0 Å². The second kappa shape index (κ2) is 64.9. The van der Waals surface area contributed by atoms with E-state index in [0.717, 1.165) is 116 Å². The summed E-state index contributed by atoms with van der Waals surface area (Å²) in [6.07, 6.45) is 87.7. The minimum absolute atomic E-state index is 0.0903. The van der Waals surface area contributed by atoms with Gasteiger partial charge in [0.05, 0.1) is 0 Å². The van der Waals surface area contributed by atoms with Crippen LogP contribution in [0, 0.1) is 0 Å². The molecule has 0 spiro atoms. The summed E-state index contributed by atoms with van der Waals surface area (Å²) in [7, 11) is 0. The maximum atomic E-state index is 12.8. The van der Waals surface area contributed by atoms with Gasteiger partial charge >= 0.3 is 17.9 Å². The quantitative estimate of drug-likeness (QED) is 0.0261. The second-order valence-corrected chi connectivity index (χ2v) is 21.7. The third kappa shape index (κ3) is 63.0. The van der Waals surface area contributed by atoms with E-state index in [2.05, 4.69) is 118 Å². The molecule has 442 valence electrons. The van der Waals surface area contributed by atoms with Crippen molar-refractivity contribution in [1.29, 1.82) is 0 Å². The lowest BCUT2D eigenvalue weighted by molar-refractivity contribution is -0.167. The summed E-state index contributed by atoms with van der Waals surface area (Å²) in [5, 5.41) is 0. The fourth-order valence-corrected chi connectivity index (χ4v) is 9.23. The first-order valence-corrected chi connectivity index (χ1v) is 32.7. The first-order valence-electron chi connectivity index (χ1n) is 32.7. The number of carbonyl (C=O) groups is 3. The number of allylic oxidation sites excluding steroid dienone is 16. The summed E-state index contributed by atoms with van der Waals surface area (Å²) in [5.41, 5.74) is 0. The van der Waals surface area contributed by atoms with Crippen molar-refractivity contribution >= 4 is 17.9 Å². The first-order chi connectivity index (χ1) is 38.0. The minimum atomic E-state index is -0.792. The molecule has 6 nitrogen and oxygen atoms in total. The van der Waals surface area contributed by atoms with Gasteiger partial charge in [-0.05, 0) is 83.5 Å². The molecule has 0 saturated carbocycles. The summed E-state index contributed by atoms with van der Waals surface area (Å²) in [6, 6.07) is 0. The highest BCUT2D eigenvalue weighted by molar-refractivity contribution is 5.71. The number of hydrogen-bond donors (Lipinski definition) is 0. The molecule has 0 fully saturated rings. The van der Waals surface area contributed by atoms with E-state index in [-0.39, 0.29) is 31.1 Å². The fraction of sp³-hybridized carbons (Fsp3) is 0.732. The smallest absolute Gasteiger partial charge is 0.306 e. The molecular weight excluding hydrogens is 949 g/mol. The lowest BCUT2D eigenvalue weighted by atomic mass is 10.0. The topological polar surface area (TPSA) is 78.9 Å². The molecule has 0 amide bonds. The van der Waals surface area contributed by atoms with Crippen molar-refractivity contribution in [2.24, 2.45) is 0 Å². The maximum Gasteiger partial charge on any atom is 0.306 e. The SMILES string of the molecule is CC/C=C\C/C=C\C/C=C\C/C=C\C/C=C\C/C=C\C/C=C\C/C=C\CCCCC(=O)OCC(COC(=O)CCCCCCC)OC(=O)CCCCCCCCCCCCCCCCCCCCCCCCCCCCC. The Labute approximate surface area is 477 Å². The van der Waals surface area contributed by atoms with Crippen LogP contribution in [0.25, 0.3) is 0 Å². The summed E-state index contributed by atoms with van der Waals surface area (Å²) >= 11 is 0. The Morgan fingerprint density at radius 1 is 0.273 bits per heavy atom. The molecule has 0 bridgehead atoms. The van der Waals surface area contributed by atoms with Crippen LogP contribution in [0.1, 0.15) is 316 Å². The number of esters is 3. The van der Waals surface area contributed by atoms with Crippen molar-refractivity contribution in [3.8, 4) is 0 Å². The number of rotatable bonds is 59. The van der Waals surface area contributed by atoms with Crippen molar-refractivity contribution in [1.82, 2.24) is 0 Å². The highest BCUT2D eigenvalue weighted by Gasteiger charge is 2.19. The van der Waals surface area contributed by atoms with Gasteiger partial charge in [0.1, 0.15) is 13.2 Å². The van der Waals surface area contributed by atoms with Gasteiger partial charge in [-0.3, -0.25) is 14.4 Å². The standard InChI is InChI=1S/C71H122O6/c1-4-7-10-13-15-17-19-21-23-25-27-29-31-33-35-37-39-41-43-45-47-49-51-53-55-58-61-64-70(73)76-67-68(66-75-69(72)63-60-57-12-9-6-3)77-71(74)65-62-59-56-54-52-50-48-46-44-42-40-38-36-34-32-30-28-26-24-22-20-18-16-14-11-8-5-2/h7,10,15,17,21,23,27,29,33,35,39,41,45,47,51,53,68H,4-6,8-9,11-14,16,18-20,22,24-26,28,30-32,34,36-38,40,42-44,46,48-50,52,54-67H2,1-3H3/b10-7-,17-15-,23-21-,29-27-,35-33-,41-39-,47-45-,53-51-. The van der Waals surface area contributed by atoms with Crippen molar-refractivity contribution in [2.45, 2.75) is 322 Å². The van der Waals surface area contributed by atoms with Crippen LogP contribution in [0.3, 0.4) is 0 Å². The largest absolute Gasteiger partial charge is 0.462 e. The summed E-state index contributed by atoms with van der Waals surface area (Å²) in [5.74, 6) is -0.940. The van der Waals surface area contributed by atoms with E-state index in [0.29, 0.717) is 19.3 Å². The van der Waals surface area contributed by atoms with E-state index in [1.54, 1.807) is 0 Å². The molecule has 0 aromatic heterocycles. The fourth-order valence-electron chi connectivity index (χ4n) is 9.23. The van der Waals surface area contributed by atoms with E-state index >= 15 is 0 Å². The third-order valence-corrected chi connectivity index (χ3v) is 14.1. The van der Waals surface area contributed by atoms with Gasteiger partial charge in [-0.15, -0.1) is 0 Å². The molecule has 0 radical (unpaired) electrons. The van der Waals surface area contributed by atoms with Crippen LogP contribution >= 0.6 is 0 Å². The predicted molar refractivity (Wildman–Crippen MR) is 334 cm³/mol. The van der Waals surface area contributed by atoms with E-state index < -0.39 is 6.10 Å². The van der Waals surface area contributed by atoms with Crippen molar-refractivity contribution in [2.75, 3.05) is 13.2 Å². The zero-order valence-electron chi connectivity index (χ0n) is 50.7. The Morgan fingerprint density at radius 3 is 0.792 bits per heavy atom. The summed E-state index contributed by atoms with van der Waals surface area (Å²) < 4.78 is 16.7. The Bertz CT molecular complexity index is 1510. The summed E-state index contributed by atoms with van der Waals surface area (Å²) in [4.78, 5) is 37.9. The highest BCUT2D eigenvalue weighted by atomic mass is 16.6. The number of carbonyl (C=O) groups excluding carboxylic acids is 3. The van der Waals surface area contributed by atoms with Crippen LogP contribution in [-0.4, -0.2) is 37.2 Å². The Hall–Kier alpha value is -3.67. The molecule has 1 unspecified atom stereocenters. The second-order valence-electron chi connectivity index (χ2n) is 21.7. The first kappa shape index (κ1) is 73.3. The lowest BCUT2D eigenvalue weighted by Crippen LogP contribution is -2.30. The number of unbranched alkanes of at least 4 members (excludes halogenated alkanes) is 32. The normalized spacial score (nSPS) is 12.7. The van der Waals surface area contributed by atoms with E-state index in [1.165, 1.54) is 161 Å². The highest BCUT2D eigenvalue weighted by Crippen LogP contribution is 2.17. The average molecular weight is 1070 g/mol. The average Bonchev–Trinajstić information content (AvgIpc) is 3.43. The Kier molecular flexibility index (Phi) is 61.8. The van der Waals surface area contributed by atoms with Crippen LogP contribution in [0.5, 0.6) is 0 Å². The number of hydrogen-bond acceptors (Lipinski definition) is 6. The van der Waals surface area contributed by atoms with Crippen LogP contribution in [0.4, 0.5) is 0 Å². The van der Waals surface area contributed by atoms with Crippen molar-refractivity contribution < 1.29 is 28.6 Å². The molecule has 0 aliphatic rings. The molecule has 0 aromatic carbocycles. The lowest BCUT2D eigenvalue weighted by Gasteiger charge is -2.18. The van der Waals surface area contributed by atoms with E-state index in [4.69, 9.17) is 14.2 Å². The van der Waals surface area contributed by atoms with Gasteiger partial charge in [-0.1, -0.05) is 311 Å². The Balaban J connectivity index is 4.10. The molecule has 0 N–H and O–H groups in total. The van der Waals surface area contributed by atoms with Crippen LogP contribution < -0.4 is 0 Å². The van der Waals surface area contributed by atoms with E-state index in [1.807, 2.05) is 0 Å². The molecule has 1 atom stereocenters. The monoisotopic (exact) mass is 1070 g/mol. The van der Waals surface area contributed by atoms with Crippen LogP contribution in [0.15, 0.2) is 97.2 Å². The van der Waals surface area contributed by atoms with Crippen molar-refractivity contribution in [3.05, 3.63) is 97.2 Å². The Morgan fingerprint density at radius 2 is 0.506 bits per heavy atom. The molecule has 77 heavy (non-hydrogen) atoms. The summed E-state index contributed by atoms with van der Waals surface area (Å²) in [6.45, 7) is 6.44. The molecule has 0 aliphatic carbocycles. The third-order valence-electron chi connectivity index (χ3n) is 14.1. The van der Waals surface area contributed by atoms with Gasteiger partial charge in [-0.2, -0.15) is 0 Å². The molecule has 0 rings (SSSR count). The maximum absolute atomic E-state index is 12.8. The molecular formula is C71H122O6. The van der Waals surface area contributed by atoms with Crippen LogP contribution in [0.2, 0.25) is 0 Å². The zero-order valence-corrected chi connectivity index (χ0v) is 50.7. The van der Waals surface area contributed by atoms with Gasteiger partial charge in [-0.25, -0.2) is 0 Å². The van der Waals surface area contributed by atoms with Gasteiger partial charge in [0.15, 0.2) is 6.10 Å². The van der Waals surface area contributed by atoms with E-state index in [9.17, 15) is 14.4 Å². The molecule has 0 heterocycles. The minimum Gasteiger partial charge on any atom is -0.462 e. The van der Waals surface area contributed by atoms with Crippen LogP contribution in [-0.2, 0) is 28.6 Å². The van der Waals surface area contributed by atoms with Crippen molar-refractivity contribution in [3.63, 3.8) is 0 Å². The molecule has 0 saturated heterocycles. The molecule has 6 heteroatoms. The van der Waals surface area contributed by atoms with Gasteiger partial charge in [0.2, 0.25) is 0 Å². The predicted octanol–water partition coefficient (Wildman–Crippen LogP) is 22.4. The zero-order chi connectivity index (χ0) is 55.7. The molecule has 0 aliphatic heterocycles. The van der Waals surface area contributed by atoms with Gasteiger partial charge < -0.3 is 14.2 Å². The number of ether oxygens (including phenoxy) is 3.